The van der Waals surface area contributed by atoms with Gasteiger partial charge in [0.05, 0.1) is 22.8 Å². The van der Waals surface area contributed by atoms with E-state index in [9.17, 15) is 9.59 Å². The third kappa shape index (κ3) is 4.17. The number of fused-ring (bicyclic) bond motifs is 1. The number of ether oxygens (including phenoxy) is 1. The Bertz CT molecular complexity index is 1380. The lowest BCUT2D eigenvalue weighted by Crippen LogP contribution is -2.19. The molecular weight excluding hydrogens is 468 g/mol. The van der Waals surface area contributed by atoms with Crippen molar-refractivity contribution >= 4 is 50.6 Å². The molecule has 30 heavy (non-hydrogen) atoms. The summed E-state index contributed by atoms with van der Waals surface area (Å²) in [5.74, 6) is 0.716. The van der Waals surface area contributed by atoms with Crippen molar-refractivity contribution in [3.63, 3.8) is 0 Å². The highest BCUT2D eigenvalue weighted by atomic mass is 79.9. The van der Waals surface area contributed by atoms with Crippen LogP contribution in [0.4, 0.5) is 5.69 Å². The minimum absolute atomic E-state index is 0.217. The number of benzene rings is 2. The number of aromatic nitrogens is 3. The maximum Gasteiger partial charge on any atom is 0.261 e. The molecule has 9 heteroatoms. The smallest absolute Gasteiger partial charge is 0.261 e. The van der Waals surface area contributed by atoms with Gasteiger partial charge in [0.2, 0.25) is 5.88 Å². The highest BCUT2D eigenvalue weighted by Gasteiger charge is 2.10. The van der Waals surface area contributed by atoms with Crippen LogP contribution in [0.1, 0.15) is 10.4 Å². The number of amides is 1. The summed E-state index contributed by atoms with van der Waals surface area (Å²) in [4.78, 5) is 32.0. The van der Waals surface area contributed by atoms with Crippen LogP contribution in [0.2, 0.25) is 0 Å². The number of aromatic amines is 1. The molecule has 0 bridgehead atoms. The normalized spacial score (nSPS) is 10.7. The topological polar surface area (TPSA) is 89.0 Å². The lowest BCUT2D eigenvalue weighted by molar-refractivity contribution is 0.102. The third-order valence-electron chi connectivity index (χ3n) is 4.38. The summed E-state index contributed by atoms with van der Waals surface area (Å²) in [6.45, 7) is 0. The summed E-state index contributed by atoms with van der Waals surface area (Å²) in [7, 11) is 1.60. The van der Waals surface area contributed by atoms with E-state index in [0.717, 1.165) is 4.47 Å². The van der Waals surface area contributed by atoms with Crippen molar-refractivity contribution in [2.24, 2.45) is 7.05 Å². The number of rotatable bonds is 4. The van der Waals surface area contributed by atoms with Crippen molar-refractivity contribution in [3.8, 4) is 11.6 Å². The minimum Gasteiger partial charge on any atom is -0.439 e. The average molecular weight is 483 g/mol. The second kappa shape index (κ2) is 8.21. The number of hydrogen-bond donors (Lipinski definition) is 2. The van der Waals surface area contributed by atoms with E-state index >= 15 is 0 Å². The highest BCUT2D eigenvalue weighted by Crippen LogP contribution is 2.23. The number of nitrogens with one attached hydrogen (secondary N) is 2. The van der Waals surface area contributed by atoms with E-state index in [4.69, 9.17) is 17.0 Å². The predicted molar refractivity (Wildman–Crippen MR) is 121 cm³/mol. The van der Waals surface area contributed by atoms with Crippen LogP contribution in [0, 0.1) is 4.77 Å². The Labute approximate surface area is 184 Å². The Kier molecular flexibility index (Phi) is 5.47. The van der Waals surface area contributed by atoms with Crippen LogP contribution in [0.15, 0.2) is 70.1 Å². The SMILES string of the molecule is Cn1c(=S)[nH]c2cc(C(=O)Nc3ccc(Oc4cccc(Br)c4)nc3)ccc2c1=O. The van der Waals surface area contributed by atoms with Crippen LogP contribution in [-0.2, 0) is 7.05 Å². The first-order valence-corrected chi connectivity index (χ1v) is 10.0. The summed E-state index contributed by atoms with van der Waals surface area (Å²) >= 11 is 8.52. The van der Waals surface area contributed by atoms with Crippen molar-refractivity contribution in [3.05, 3.63) is 86.0 Å². The molecule has 0 atom stereocenters. The van der Waals surface area contributed by atoms with Crippen LogP contribution in [-0.4, -0.2) is 20.4 Å². The fourth-order valence-electron chi connectivity index (χ4n) is 2.82. The summed E-state index contributed by atoms with van der Waals surface area (Å²) in [5, 5.41) is 3.23. The lowest BCUT2D eigenvalue weighted by Gasteiger charge is -2.08. The third-order valence-corrected chi connectivity index (χ3v) is 5.24. The van der Waals surface area contributed by atoms with Gasteiger partial charge in [-0.15, -0.1) is 0 Å². The van der Waals surface area contributed by atoms with Gasteiger partial charge < -0.3 is 15.0 Å². The Morgan fingerprint density at radius 2 is 2.03 bits per heavy atom. The van der Waals surface area contributed by atoms with E-state index in [1.165, 1.54) is 10.8 Å². The van der Waals surface area contributed by atoms with E-state index < -0.39 is 0 Å². The summed E-state index contributed by atoms with van der Waals surface area (Å²) in [6.07, 6.45) is 1.51. The highest BCUT2D eigenvalue weighted by molar-refractivity contribution is 9.10. The number of hydrogen-bond acceptors (Lipinski definition) is 5. The molecule has 0 saturated carbocycles. The van der Waals surface area contributed by atoms with Crippen molar-refractivity contribution in [1.29, 1.82) is 0 Å². The maximum absolute atomic E-state index is 12.6. The summed E-state index contributed by atoms with van der Waals surface area (Å²) in [5.41, 5.74) is 1.19. The number of carbonyl (C=O) groups is 1. The standard InChI is InChI=1S/C21H15BrN4O3S/c1-26-20(28)16-7-5-12(9-17(16)25-21(26)30)19(27)24-14-6-8-18(23-11-14)29-15-4-2-3-13(22)10-15/h2-11H,1H3,(H,24,27)(H,25,30). The van der Waals surface area contributed by atoms with E-state index in [-0.39, 0.29) is 16.2 Å². The fourth-order valence-corrected chi connectivity index (χ4v) is 3.39. The predicted octanol–water partition coefficient (Wildman–Crippen LogP) is 4.80. The zero-order valence-corrected chi connectivity index (χ0v) is 18.1. The molecule has 1 amide bonds. The van der Waals surface area contributed by atoms with Crippen LogP contribution < -0.4 is 15.6 Å². The van der Waals surface area contributed by atoms with Crippen molar-refractivity contribution in [1.82, 2.24) is 14.5 Å². The monoisotopic (exact) mass is 482 g/mol. The first-order valence-electron chi connectivity index (χ1n) is 8.84. The molecule has 2 aromatic carbocycles. The molecule has 2 N–H and O–H groups in total. The van der Waals surface area contributed by atoms with Gasteiger partial charge in [0, 0.05) is 23.2 Å². The maximum atomic E-state index is 12.6. The van der Waals surface area contributed by atoms with Gasteiger partial charge in [-0.05, 0) is 54.7 Å². The number of pyridine rings is 1. The van der Waals surface area contributed by atoms with Crippen molar-refractivity contribution < 1.29 is 9.53 Å². The molecule has 0 aliphatic heterocycles. The van der Waals surface area contributed by atoms with Crippen molar-refractivity contribution in [2.45, 2.75) is 0 Å². The van der Waals surface area contributed by atoms with E-state index in [0.29, 0.717) is 33.8 Å². The molecule has 0 radical (unpaired) electrons. The first kappa shape index (κ1) is 20.0. The molecule has 0 spiro atoms. The molecule has 4 rings (SSSR count). The van der Waals surface area contributed by atoms with E-state index in [1.54, 1.807) is 37.4 Å². The van der Waals surface area contributed by atoms with Gasteiger partial charge in [0.15, 0.2) is 4.77 Å². The van der Waals surface area contributed by atoms with Crippen molar-refractivity contribution in [2.75, 3.05) is 5.32 Å². The Balaban J connectivity index is 1.51. The molecule has 150 valence electrons. The van der Waals surface area contributed by atoms with Gasteiger partial charge in [-0.3, -0.25) is 14.2 Å². The Hall–Kier alpha value is -3.30. The molecule has 2 heterocycles. The summed E-state index contributed by atoms with van der Waals surface area (Å²) < 4.78 is 8.22. The van der Waals surface area contributed by atoms with Gasteiger partial charge in [0.25, 0.3) is 11.5 Å². The molecule has 0 saturated heterocycles. The largest absolute Gasteiger partial charge is 0.439 e. The number of carbonyl (C=O) groups excluding carboxylic acids is 1. The Morgan fingerprint density at radius 3 is 2.77 bits per heavy atom. The van der Waals surface area contributed by atoms with Gasteiger partial charge in [0.1, 0.15) is 5.75 Å². The van der Waals surface area contributed by atoms with Crippen LogP contribution in [0.25, 0.3) is 10.9 Å². The molecular formula is C21H15BrN4O3S. The fraction of sp³-hybridized carbons (Fsp3) is 0.0476. The molecule has 7 nitrogen and oxygen atoms in total. The molecule has 0 unspecified atom stereocenters. The second-order valence-electron chi connectivity index (χ2n) is 6.45. The zero-order chi connectivity index (χ0) is 21.3. The van der Waals surface area contributed by atoms with E-state index in [1.807, 2.05) is 24.3 Å². The molecule has 4 aromatic rings. The molecule has 2 aromatic heterocycles. The van der Waals surface area contributed by atoms with Gasteiger partial charge >= 0.3 is 0 Å². The van der Waals surface area contributed by atoms with Crippen LogP contribution >= 0.6 is 28.1 Å². The number of nitrogens with zero attached hydrogens (tertiary/aromatic N) is 2. The van der Waals surface area contributed by atoms with Gasteiger partial charge in [-0.25, -0.2) is 4.98 Å². The average Bonchev–Trinajstić information content (AvgIpc) is 2.73. The van der Waals surface area contributed by atoms with Crippen LogP contribution in [0.5, 0.6) is 11.6 Å². The lowest BCUT2D eigenvalue weighted by atomic mass is 10.1. The Morgan fingerprint density at radius 1 is 1.20 bits per heavy atom. The zero-order valence-electron chi connectivity index (χ0n) is 15.7. The first-order chi connectivity index (χ1) is 14.4. The summed E-state index contributed by atoms with van der Waals surface area (Å²) in [6, 6.07) is 15.6. The molecule has 0 aliphatic rings. The minimum atomic E-state index is -0.334. The van der Waals surface area contributed by atoms with Gasteiger partial charge in [-0.1, -0.05) is 22.0 Å². The quantitative estimate of drug-likeness (QED) is 0.407. The van der Waals surface area contributed by atoms with E-state index in [2.05, 4.69) is 31.2 Å². The number of halogens is 1. The number of H-pyrrole nitrogens is 1. The second-order valence-corrected chi connectivity index (χ2v) is 7.76. The number of anilines is 1. The molecule has 0 aliphatic carbocycles. The van der Waals surface area contributed by atoms with Crippen LogP contribution in [0.3, 0.4) is 0 Å². The molecule has 0 fully saturated rings. The van der Waals surface area contributed by atoms with Gasteiger partial charge in [-0.2, -0.15) is 0 Å².